The van der Waals surface area contributed by atoms with Crippen LogP contribution in [0, 0.1) is 0 Å². The van der Waals surface area contributed by atoms with Crippen LogP contribution in [-0.4, -0.2) is 13.7 Å². The van der Waals surface area contributed by atoms with E-state index >= 15 is 0 Å². The Labute approximate surface area is 78.5 Å². The van der Waals surface area contributed by atoms with Crippen LogP contribution in [0.4, 0.5) is 0 Å². The molecule has 0 aliphatic carbocycles. The second-order valence-electron chi connectivity index (χ2n) is 2.20. The van der Waals surface area contributed by atoms with E-state index in [0.717, 1.165) is 8.66 Å². The summed E-state index contributed by atoms with van der Waals surface area (Å²) in [4.78, 5) is 1.15. The molecule has 1 heterocycles. The Kier molecular flexibility index (Phi) is 3.51. The second-order valence-corrected chi connectivity index (χ2v) is 4.70. The summed E-state index contributed by atoms with van der Waals surface area (Å²) in [5.41, 5.74) is 5.78. The number of hydrogen-bond donors (Lipinski definition) is 1. The van der Waals surface area contributed by atoms with Crippen molar-refractivity contribution in [2.24, 2.45) is 5.73 Å². The van der Waals surface area contributed by atoms with Crippen LogP contribution in [0.1, 0.15) is 10.9 Å². The summed E-state index contributed by atoms with van der Waals surface area (Å²) in [6.07, 6.45) is 0. The van der Waals surface area contributed by atoms with Gasteiger partial charge in [-0.3, -0.25) is 0 Å². The van der Waals surface area contributed by atoms with E-state index in [1.165, 1.54) is 0 Å². The molecule has 0 fully saturated rings. The van der Waals surface area contributed by atoms with Gasteiger partial charge in [-0.2, -0.15) is 0 Å². The maximum atomic E-state index is 5.78. The fraction of sp³-hybridized carbons (Fsp3) is 0.429. The number of ether oxygens (including phenoxy) is 1. The van der Waals surface area contributed by atoms with Gasteiger partial charge in [0.2, 0.25) is 0 Å². The first-order chi connectivity index (χ1) is 5.24. The molecule has 1 aromatic rings. The molecule has 2 nitrogen and oxygen atoms in total. The van der Waals surface area contributed by atoms with Crippen molar-refractivity contribution in [3.63, 3.8) is 0 Å². The molecule has 1 atom stereocenters. The highest BCUT2D eigenvalue weighted by Gasteiger charge is 2.06. The Balaban J connectivity index is 2.60. The van der Waals surface area contributed by atoms with E-state index in [9.17, 15) is 0 Å². The average molecular weight is 236 g/mol. The first kappa shape index (κ1) is 9.19. The molecule has 0 aliphatic heterocycles. The molecule has 1 rings (SSSR count). The minimum Gasteiger partial charge on any atom is -0.383 e. The van der Waals surface area contributed by atoms with Crippen molar-refractivity contribution in [1.29, 1.82) is 0 Å². The molecule has 11 heavy (non-hydrogen) atoms. The highest BCUT2D eigenvalue weighted by atomic mass is 79.9. The minimum absolute atomic E-state index is 0.0105. The number of nitrogens with two attached hydrogens (primary N) is 1. The van der Waals surface area contributed by atoms with Crippen molar-refractivity contribution in [2.75, 3.05) is 13.7 Å². The Morgan fingerprint density at radius 2 is 2.45 bits per heavy atom. The van der Waals surface area contributed by atoms with E-state index in [1.54, 1.807) is 18.4 Å². The molecule has 0 radical (unpaired) electrons. The van der Waals surface area contributed by atoms with Crippen molar-refractivity contribution >= 4 is 27.3 Å². The lowest BCUT2D eigenvalue weighted by Gasteiger charge is -2.06. The monoisotopic (exact) mass is 235 g/mol. The third-order valence-electron chi connectivity index (χ3n) is 1.31. The third-order valence-corrected chi connectivity index (χ3v) is 3.06. The standard InChI is InChI=1S/C7H10BrNOS/c1-10-4-5(9)6-2-3-7(8)11-6/h2-3,5H,4,9H2,1H3. The normalized spacial score (nSPS) is 13.4. The van der Waals surface area contributed by atoms with Crippen LogP contribution in [0.3, 0.4) is 0 Å². The number of halogens is 1. The van der Waals surface area contributed by atoms with Crippen LogP contribution in [0.5, 0.6) is 0 Å². The van der Waals surface area contributed by atoms with Crippen LogP contribution >= 0.6 is 27.3 Å². The first-order valence-corrected chi connectivity index (χ1v) is 4.84. The molecule has 1 unspecified atom stereocenters. The molecule has 62 valence electrons. The van der Waals surface area contributed by atoms with E-state index in [0.29, 0.717) is 6.61 Å². The predicted octanol–water partition coefficient (Wildman–Crippen LogP) is 2.16. The Hall–Kier alpha value is 0.1000. The second kappa shape index (κ2) is 4.21. The van der Waals surface area contributed by atoms with E-state index in [1.807, 2.05) is 12.1 Å². The van der Waals surface area contributed by atoms with E-state index in [4.69, 9.17) is 10.5 Å². The fourth-order valence-electron chi connectivity index (χ4n) is 0.789. The summed E-state index contributed by atoms with van der Waals surface area (Å²) < 4.78 is 6.04. The molecular weight excluding hydrogens is 226 g/mol. The van der Waals surface area contributed by atoms with Crippen LogP contribution in [0.15, 0.2) is 15.9 Å². The maximum Gasteiger partial charge on any atom is 0.0702 e. The zero-order valence-electron chi connectivity index (χ0n) is 6.21. The lowest BCUT2D eigenvalue weighted by Crippen LogP contribution is -2.14. The van der Waals surface area contributed by atoms with Gasteiger partial charge in [0.1, 0.15) is 0 Å². The van der Waals surface area contributed by atoms with Crippen LogP contribution in [0.25, 0.3) is 0 Å². The van der Waals surface area contributed by atoms with Crippen molar-refractivity contribution in [2.45, 2.75) is 6.04 Å². The van der Waals surface area contributed by atoms with Gasteiger partial charge in [0.05, 0.1) is 16.4 Å². The van der Waals surface area contributed by atoms with Gasteiger partial charge >= 0.3 is 0 Å². The summed E-state index contributed by atoms with van der Waals surface area (Å²) >= 11 is 5.02. The summed E-state index contributed by atoms with van der Waals surface area (Å²) in [5.74, 6) is 0. The largest absolute Gasteiger partial charge is 0.383 e. The van der Waals surface area contributed by atoms with Gasteiger partial charge in [-0.05, 0) is 28.1 Å². The minimum atomic E-state index is 0.0105. The highest BCUT2D eigenvalue weighted by Crippen LogP contribution is 2.25. The Morgan fingerprint density at radius 1 is 1.73 bits per heavy atom. The van der Waals surface area contributed by atoms with E-state index in [2.05, 4.69) is 15.9 Å². The number of rotatable bonds is 3. The average Bonchev–Trinajstić information content (AvgIpc) is 2.36. The van der Waals surface area contributed by atoms with Crippen LogP contribution in [-0.2, 0) is 4.74 Å². The quantitative estimate of drug-likeness (QED) is 0.872. The molecule has 0 bridgehead atoms. The number of hydrogen-bond acceptors (Lipinski definition) is 3. The first-order valence-electron chi connectivity index (χ1n) is 3.24. The van der Waals surface area contributed by atoms with E-state index < -0.39 is 0 Å². The molecule has 2 N–H and O–H groups in total. The lowest BCUT2D eigenvalue weighted by molar-refractivity contribution is 0.182. The summed E-state index contributed by atoms with van der Waals surface area (Å²) in [5, 5.41) is 0. The van der Waals surface area contributed by atoms with Crippen LogP contribution < -0.4 is 5.73 Å². The predicted molar refractivity (Wildman–Crippen MR) is 50.8 cm³/mol. The van der Waals surface area contributed by atoms with Gasteiger partial charge in [-0.1, -0.05) is 0 Å². The maximum absolute atomic E-state index is 5.78. The molecule has 0 spiro atoms. The van der Waals surface area contributed by atoms with Gasteiger partial charge in [0.15, 0.2) is 0 Å². The molecule has 0 saturated heterocycles. The van der Waals surface area contributed by atoms with Crippen molar-refractivity contribution in [3.05, 3.63) is 20.8 Å². The molecular formula is C7H10BrNOS. The van der Waals surface area contributed by atoms with Gasteiger partial charge < -0.3 is 10.5 Å². The topological polar surface area (TPSA) is 35.2 Å². The van der Waals surface area contributed by atoms with Gasteiger partial charge in [-0.25, -0.2) is 0 Å². The molecule has 0 aliphatic rings. The van der Waals surface area contributed by atoms with Crippen molar-refractivity contribution < 1.29 is 4.74 Å². The van der Waals surface area contributed by atoms with E-state index in [-0.39, 0.29) is 6.04 Å². The summed E-state index contributed by atoms with van der Waals surface area (Å²) in [6, 6.07) is 4.02. The van der Waals surface area contributed by atoms with Crippen molar-refractivity contribution in [3.8, 4) is 0 Å². The third kappa shape index (κ3) is 2.56. The molecule has 0 saturated carbocycles. The number of thiophene rings is 1. The lowest BCUT2D eigenvalue weighted by atomic mass is 10.3. The summed E-state index contributed by atoms with van der Waals surface area (Å²) in [7, 11) is 1.66. The number of methoxy groups -OCH3 is 1. The fourth-order valence-corrected chi connectivity index (χ4v) is 2.20. The highest BCUT2D eigenvalue weighted by molar-refractivity contribution is 9.11. The molecule has 0 amide bonds. The Bertz CT molecular complexity index is 226. The summed E-state index contributed by atoms with van der Waals surface area (Å²) in [6.45, 7) is 0.576. The zero-order chi connectivity index (χ0) is 8.27. The smallest absolute Gasteiger partial charge is 0.0702 e. The zero-order valence-corrected chi connectivity index (χ0v) is 8.61. The van der Waals surface area contributed by atoms with Gasteiger partial charge in [0, 0.05) is 12.0 Å². The van der Waals surface area contributed by atoms with Crippen molar-refractivity contribution in [1.82, 2.24) is 0 Å². The van der Waals surface area contributed by atoms with Gasteiger partial charge in [-0.15, -0.1) is 11.3 Å². The molecule has 0 aromatic carbocycles. The molecule has 4 heteroatoms. The molecule has 1 aromatic heterocycles. The Morgan fingerprint density at radius 3 is 2.91 bits per heavy atom. The van der Waals surface area contributed by atoms with Gasteiger partial charge in [0.25, 0.3) is 0 Å². The van der Waals surface area contributed by atoms with Crippen LogP contribution in [0.2, 0.25) is 0 Å². The SMILES string of the molecule is COCC(N)c1ccc(Br)s1.